The molecule has 1 aromatic rings. The smallest absolute Gasteiger partial charge is 0.157 e. The van der Waals surface area contributed by atoms with E-state index in [1.54, 1.807) is 0 Å². The van der Waals surface area contributed by atoms with Gasteiger partial charge in [0.2, 0.25) is 0 Å². The van der Waals surface area contributed by atoms with Crippen LogP contribution in [0.3, 0.4) is 0 Å². The van der Waals surface area contributed by atoms with Crippen molar-refractivity contribution in [3.05, 3.63) is 48.0 Å². The summed E-state index contributed by atoms with van der Waals surface area (Å²) < 4.78 is 14.0. The first-order chi connectivity index (χ1) is 7.75. The zero-order valence-corrected chi connectivity index (χ0v) is 9.53. The van der Waals surface area contributed by atoms with E-state index in [1.165, 1.54) is 5.57 Å². The summed E-state index contributed by atoms with van der Waals surface area (Å²) in [6, 6.07) is 9.84. The minimum absolute atomic E-state index is 0.493. The van der Waals surface area contributed by atoms with Gasteiger partial charge in [-0.3, -0.25) is 4.90 Å². The van der Waals surface area contributed by atoms with Crippen molar-refractivity contribution >= 4 is 0 Å². The second kappa shape index (κ2) is 5.26. The lowest BCUT2D eigenvalue weighted by molar-refractivity contribution is 0.0749. The minimum atomic E-state index is -0.851. The van der Waals surface area contributed by atoms with Crippen LogP contribution in [0.1, 0.15) is 18.4 Å². The summed E-state index contributed by atoms with van der Waals surface area (Å²) in [6.45, 7) is 5.57. The molecule has 0 aromatic heterocycles. The van der Waals surface area contributed by atoms with Crippen molar-refractivity contribution < 1.29 is 4.39 Å². The molecule has 16 heavy (non-hydrogen) atoms. The summed E-state index contributed by atoms with van der Waals surface area (Å²) in [6.07, 6.45) is 1.52. The number of hydrogen-bond acceptors (Lipinski definition) is 1. The van der Waals surface area contributed by atoms with E-state index in [4.69, 9.17) is 0 Å². The highest BCUT2D eigenvalue weighted by atomic mass is 19.1. The van der Waals surface area contributed by atoms with Crippen LogP contribution in [-0.2, 0) is 6.42 Å². The Hall–Kier alpha value is -1.15. The molecule has 1 heterocycles. The summed E-state index contributed by atoms with van der Waals surface area (Å²) in [7, 11) is 0. The van der Waals surface area contributed by atoms with Crippen LogP contribution in [0, 0.1) is 0 Å². The molecule has 1 aliphatic heterocycles. The van der Waals surface area contributed by atoms with Gasteiger partial charge in [0, 0.05) is 19.5 Å². The maximum absolute atomic E-state index is 14.0. The number of rotatable bonds is 3. The molecule has 1 saturated heterocycles. The van der Waals surface area contributed by atoms with Crippen LogP contribution in [-0.4, -0.2) is 24.3 Å². The highest BCUT2D eigenvalue weighted by Crippen LogP contribution is 2.19. The van der Waals surface area contributed by atoms with Gasteiger partial charge < -0.3 is 0 Å². The number of alkyl halides is 1. The standard InChI is InChI=1S/C14H18FN/c1-12-7-9-16(10-8-12)14(15)11-13-5-3-2-4-6-13/h2-6,14H,1,7-11H2. The fourth-order valence-corrected chi connectivity index (χ4v) is 2.06. The molecule has 0 bridgehead atoms. The fourth-order valence-electron chi connectivity index (χ4n) is 2.06. The fraction of sp³-hybridized carbons (Fsp3) is 0.429. The summed E-state index contributed by atoms with van der Waals surface area (Å²) in [5.74, 6) is 0. The van der Waals surface area contributed by atoms with Crippen molar-refractivity contribution in [2.45, 2.75) is 25.6 Å². The van der Waals surface area contributed by atoms with Gasteiger partial charge in [0.1, 0.15) is 0 Å². The van der Waals surface area contributed by atoms with E-state index in [2.05, 4.69) is 6.58 Å². The van der Waals surface area contributed by atoms with Crippen LogP contribution in [0.2, 0.25) is 0 Å². The van der Waals surface area contributed by atoms with Gasteiger partial charge >= 0.3 is 0 Å². The van der Waals surface area contributed by atoms with Crippen molar-refractivity contribution in [2.75, 3.05) is 13.1 Å². The Balaban J connectivity index is 1.88. The monoisotopic (exact) mass is 219 g/mol. The molecule has 1 nitrogen and oxygen atoms in total. The summed E-state index contributed by atoms with van der Waals surface area (Å²) >= 11 is 0. The first kappa shape index (κ1) is 11.3. The highest BCUT2D eigenvalue weighted by molar-refractivity contribution is 5.15. The molecular weight excluding hydrogens is 201 g/mol. The zero-order chi connectivity index (χ0) is 11.4. The van der Waals surface area contributed by atoms with Gasteiger partial charge in [-0.05, 0) is 18.4 Å². The Morgan fingerprint density at radius 2 is 1.81 bits per heavy atom. The molecule has 86 valence electrons. The molecule has 0 aliphatic carbocycles. The van der Waals surface area contributed by atoms with Crippen molar-refractivity contribution in [1.82, 2.24) is 4.90 Å². The molecule has 1 aliphatic rings. The van der Waals surface area contributed by atoms with Gasteiger partial charge in [-0.2, -0.15) is 0 Å². The van der Waals surface area contributed by atoms with Crippen LogP contribution in [0.25, 0.3) is 0 Å². The van der Waals surface area contributed by atoms with Crippen molar-refractivity contribution in [3.63, 3.8) is 0 Å². The second-order valence-electron chi connectivity index (χ2n) is 4.41. The van der Waals surface area contributed by atoms with E-state index in [1.807, 2.05) is 35.2 Å². The Labute approximate surface area is 96.6 Å². The van der Waals surface area contributed by atoms with Crippen LogP contribution in [0.5, 0.6) is 0 Å². The van der Waals surface area contributed by atoms with E-state index >= 15 is 0 Å². The Kier molecular flexibility index (Phi) is 3.73. The summed E-state index contributed by atoms with van der Waals surface area (Å²) in [5, 5.41) is 0. The lowest BCUT2D eigenvalue weighted by Gasteiger charge is -2.30. The summed E-state index contributed by atoms with van der Waals surface area (Å²) in [4.78, 5) is 1.92. The average Bonchev–Trinajstić information content (AvgIpc) is 2.31. The average molecular weight is 219 g/mol. The second-order valence-corrected chi connectivity index (χ2v) is 4.41. The minimum Gasteiger partial charge on any atom is -0.273 e. The highest BCUT2D eigenvalue weighted by Gasteiger charge is 2.21. The number of benzene rings is 1. The Bertz CT molecular complexity index is 337. The third-order valence-electron chi connectivity index (χ3n) is 3.15. The van der Waals surface area contributed by atoms with Gasteiger partial charge in [0.05, 0.1) is 0 Å². The van der Waals surface area contributed by atoms with Crippen LogP contribution >= 0.6 is 0 Å². The molecule has 0 amide bonds. The van der Waals surface area contributed by atoms with Gasteiger partial charge in [0.15, 0.2) is 6.30 Å². The number of likely N-dealkylation sites (tertiary alicyclic amines) is 1. The maximum atomic E-state index is 14.0. The quantitative estimate of drug-likeness (QED) is 0.557. The van der Waals surface area contributed by atoms with E-state index < -0.39 is 6.30 Å². The SMILES string of the molecule is C=C1CCN(C(F)Cc2ccccc2)CC1. The number of nitrogens with zero attached hydrogens (tertiary/aromatic N) is 1. The lowest BCUT2D eigenvalue weighted by Crippen LogP contribution is -2.38. The topological polar surface area (TPSA) is 3.24 Å². The predicted octanol–water partition coefficient (Wildman–Crippen LogP) is 3.18. The first-order valence-electron chi connectivity index (χ1n) is 5.84. The molecule has 0 spiro atoms. The van der Waals surface area contributed by atoms with Crippen LogP contribution in [0.4, 0.5) is 4.39 Å². The van der Waals surface area contributed by atoms with Crippen LogP contribution < -0.4 is 0 Å². The van der Waals surface area contributed by atoms with Gasteiger partial charge in [-0.15, -0.1) is 0 Å². The number of hydrogen-bond donors (Lipinski definition) is 0. The lowest BCUT2D eigenvalue weighted by atomic mass is 10.0. The van der Waals surface area contributed by atoms with Crippen molar-refractivity contribution in [1.29, 1.82) is 0 Å². The first-order valence-corrected chi connectivity index (χ1v) is 5.84. The van der Waals surface area contributed by atoms with Gasteiger partial charge in [-0.25, -0.2) is 4.39 Å². The zero-order valence-electron chi connectivity index (χ0n) is 9.53. The largest absolute Gasteiger partial charge is 0.273 e. The van der Waals surface area contributed by atoms with Gasteiger partial charge in [0.25, 0.3) is 0 Å². The molecule has 1 unspecified atom stereocenters. The third-order valence-corrected chi connectivity index (χ3v) is 3.15. The van der Waals surface area contributed by atoms with E-state index in [0.29, 0.717) is 6.42 Å². The number of halogens is 1. The van der Waals surface area contributed by atoms with E-state index in [0.717, 1.165) is 31.5 Å². The van der Waals surface area contributed by atoms with E-state index in [9.17, 15) is 4.39 Å². The third kappa shape index (κ3) is 2.92. The Morgan fingerprint density at radius 1 is 1.19 bits per heavy atom. The molecule has 2 heteroatoms. The van der Waals surface area contributed by atoms with E-state index in [-0.39, 0.29) is 0 Å². The molecule has 1 fully saturated rings. The summed E-state index contributed by atoms with van der Waals surface area (Å²) in [5.41, 5.74) is 2.32. The van der Waals surface area contributed by atoms with Gasteiger partial charge in [-0.1, -0.05) is 42.5 Å². The molecule has 2 rings (SSSR count). The molecule has 1 aromatic carbocycles. The number of piperidine rings is 1. The Morgan fingerprint density at radius 3 is 2.44 bits per heavy atom. The normalized spacial score (nSPS) is 19.7. The molecule has 0 N–H and O–H groups in total. The molecular formula is C14H18FN. The molecule has 0 saturated carbocycles. The molecule has 1 atom stereocenters. The predicted molar refractivity (Wildman–Crippen MR) is 65.0 cm³/mol. The maximum Gasteiger partial charge on any atom is 0.157 e. The van der Waals surface area contributed by atoms with Crippen molar-refractivity contribution in [2.24, 2.45) is 0 Å². The molecule has 0 radical (unpaired) electrons. The van der Waals surface area contributed by atoms with Crippen LogP contribution in [0.15, 0.2) is 42.5 Å². The van der Waals surface area contributed by atoms with Crippen molar-refractivity contribution in [3.8, 4) is 0 Å².